The van der Waals surface area contributed by atoms with Crippen molar-refractivity contribution in [2.24, 2.45) is 0 Å². The molecular weight excluding hydrogens is 175 g/mol. The number of rotatable bonds is 2. The van der Waals surface area contributed by atoms with Crippen molar-refractivity contribution in [2.75, 3.05) is 0 Å². The summed E-state index contributed by atoms with van der Waals surface area (Å²) in [6, 6.07) is 1.65. The van der Waals surface area contributed by atoms with E-state index in [2.05, 4.69) is 14.5 Å². The van der Waals surface area contributed by atoms with Crippen LogP contribution in [0.4, 0.5) is 0 Å². The van der Waals surface area contributed by atoms with Crippen molar-refractivity contribution >= 4 is 15.4 Å². The van der Waals surface area contributed by atoms with Crippen molar-refractivity contribution in [1.29, 1.82) is 0 Å². The van der Waals surface area contributed by atoms with Crippen LogP contribution in [-0.4, -0.2) is 20.6 Å². The molecule has 12 heavy (non-hydrogen) atoms. The summed E-state index contributed by atoms with van der Waals surface area (Å²) in [5, 5.41) is 12.8. The molecule has 0 amide bonds. The highest BCUT2D eigenvalue weighted by atomic mass is 31.0. The molecule has 1 unspecified atom stereocenters. The zero-order valence-corrected chi connectivity index (χ0v) is 7.55. The number of hydrogen-bond donors (Lipinski definition) is 1. The molecule has 1 saturated carbocycles. The Morgan fingerprint density at radius 1 is 1.75 bits per heavy atom. The molecule has 0 aromatic carbocycles. The lowest BCUT2D eigenvalue weighted by Crippen LogP contribution is -2.00. The molecule has 1 aliphatic carbocycles. The molecule has 0 spiro atoms. The summed E-state index contributed by atoms with van der Waals surface area (Å²) >= 11 is 0. The fourth-order valence-electron chi connectivity index (χ4n) is 1.15. The Hall–Kier alpha value is -0.890. The number of carboxylic acid groups (broad SMARTS) is 1. The molecule has 1 aromatic heterocycles. The molecule has 0 saturated heterocycles. The number of aromatic nitrogens is 2. The highest BCUT2D eigenvalue weighted by molar-refractivity contribution is 7.14. The zero-order valence-electron chi connectivity index (χ0n) is 6.40. The van der Waals surface area contributed by atoms with E-state index in [1.54, 1.807) is 6.07 Å². The standard InChI is InChI=1S/C7H9N2O2P/c10-7(11)6-3-5(4-1-2-4)8-9(6)12/h3-4H,1-2,12H2,(H,10,11). The molecular formula is C7H9N2O2P. The lowest BCUT2D eigenvalue weighted by atomic mass is 10.3. The van der Waals surface area contributed by atoms with Crippen LogP contribution in [0, 0.1) is 0 Å². The molecule has 1 aromatic rings. The predicted octanol–water partition coefficient (Wildman–Crippen LogP) is 1.10. The Morgan fingerprint density at radius 2 is 2.42 bits per heavy atom. The second kappa shape index (κ2) is 2.56. The molecule has 2 rings (SSSR count). The fourth-order valence-corrected chi connectivity index (χ4v) is 1.47. The molecule has 1 N–H and O–H groups in total. The molecule has 0 radical (unpaired) electrons. The molecule has 4 nitrogen and oxygen atoms in total. The van der Waals surface area contributed by atoms with E-state index in [0.29, 0.717) is 5.92 Å². The molecule has 1 heterocycles. The van der Waals surface area contributed by atoms with E-state index in [9.17, 15) is 4.79 Å². The Morgan fingerprint density at radius 3 is 2.83 bits per heavy atom. The number of carboxylic acids is 1. The van der Waals surface area contributed by atoms with E-state index >= 15 is 0 Å². The van der Waals surface area contributed by atoms with Crippen molar-refractivity contribution in [3.8, 4) is 0 Å². The van der Waals surface area contributed by atoms with Gasteiger partial charge in [0.15, 0.2) is 0 Å². The summed E-state index contributed by atoms with van der Waals surface area (Å²) in [5.41, 5.74) is 1.14. The largest absolute Gasteiger partial charge is 0.477 e. The summed E-state index contributed by atoms with van der Waals surface area (Å²) < 4.78 is 1.34. The topological polar surface area (TPSA) is 55.1 Å². The molecule has 64 valence electrons. The van der Waals surface area contributed by atoms with Crippen molar-refractivity contribution in [1.82, 2.24) is 9.55 Å². The van der Waals surface area contributed by atoms with Crippen LogP contribution in [-0.2, 0) is 0 Å². The average molecular weight is 184 g/mol. The summed E-state index contributed by atoms with van der Waals surface area (Å²) in [5.74, 6) is -0.422. The van der Waals surface area contributed by atoms with Crippen LogP contribution in [0.1, 0.15) is 34.9 Å². The van der Waals surface area contributed by atoms with Gasteiger partial charge < -0.3 is 5.11 Å². The van der Waals surface area contributed by atoms with Crippen LogP contribution in [0.2, 0.25) is 0 Å². The first-order valence-electron chi connectivity index (χ1n) is 3.77. The maximum absolute atomic E-state index is 10.6. The SMILES string of the molecule is O=C(O)c1cc(C2CC2)nn1P. The molecule has 0 aliphatic heterocycles. The maximum atomic E-state index is 10.6. The Labute approximate surface area is 71.8 Å². The average Bonchev–Trinajstić information content (AvgIpc) is 2.75. The summed E-state index contributed by atoms with van der Waals surface area (Å²) in [6.07, 6.45) is 2.28. The van der Waals surface area contributed by atoms with Crippen LogP contribution in [0.5, 0.6) is 0 Å². The first kappa shape index (κ1) is 7.74. The van der Waals surface area contributed by atoms with Gasteiger partial charge in [-0.3, -0.25) is 0 Å². The minimum atomic E-state index is -0.926. The third-order valence-electron chi connectivity index (χ3n) is 1.97. The van der Waals surface area contributed by atoms with E-state index in [1.807, 2.05) is 0 Å². The molecule has 5 heteroatoms. The van der Waals surface area contributed by atoms with Crippen LogP contribution in [0.25, 0.3) is 0 Å². The monoisotopic (exact) mass is 184 g/mol. The van der Waals surface area contributed by atoms with Crippen molar-refractivity contribution < 1.29 is 9.90 Å². The van der Waals surface area contributed by atoms with Gasteiger partial charge in [0.1, 0.15) is 5.69 Å². The third-order valence-corrected chi connectivity index (χ3v) is 2.36. The van der Waals surface area contributed by atoms with Gasteiger partial charge in [-0.05, 0) is 28.3 Å². The molecule has 0 bridgehead atoms. The lowest BCUT2D eigenvalue weighted by molar-refractivity contribution is 0.0689. The van der Waals surface area contributed by atoms with Gasteiger partial charge in [-0.1, -0.05) is 0 Å². The number of nitrogens with zero attached hydrogens (tertiary/aromatic N) is 2. The van der Waals surface area contributed by atoms with Gasteiger partial charge in [-0.15, -0.1) is 0 Å². The van der Waals surface area contributed by atoms with E-state index < -0.39 is 5.97 Å². The first-order valence-corrected chi connectivity index (χ1v) is 4.28. The van der Waals surface area contributed by atoms with Gasteiger partial charge in [0.25, 0.3) is 0 Å². The van der Waals surface area contributed by atoms with E-state index in [-0.39, 0.29) is 5.69 Å². The number of aromatic carboxylic acids is 1. The smallest absolute Gasteiger partial charge is 0.354 e. The molecule has 1 fully saturated rings. The Kier molecular flexibility index (Phi) is 1.65. The Bertz CT molecular complexity index is 330. The van der Waals surface area contributed by atoms with Crippen LogP contribution in [0.15, 0.2) is 6.07 Å². The number of hydrogen-bond acceptors (Lipinski definition) is 2. The first-order chi connectivity index (χ1) is 5.68. The summed E-state index contributed by atoms with van der Waals surface area (Å²) in [7, 11) is 2.27. The maximum Gasteiger partial charge on any atom is 0.354 e. The van der Waals surface area contributed by atoms with Gasteiger partial charge in [-0.25, -0.2) is 9.25 Å². The van der Waals surface area contributed by atoms with Crippen molar-refractivity contribution in [3.05, 3.63) is 17.5 Å². The van der Waals surface area contributed by atoms with Crippen molar-refractivity contribution in [3.63, 3.8) is 0 Å². The van der Waals surface area contributed by atoms with Gasteiger partial charge >= 0.3 is 5.97 Å². The fraction of sp³-hybridized carbons (Fsp3) is 0.429. The molecule has 1 aliphatic rings. The van der Waals surface area contributed by atoms with Gasteiger partial charge in [-0.2, -0.15) is 5.10 Å². The third kappa shape index (κ3) is 1.23. The molecule has 1 atom stereocenters. The number of carbonyl (C=O) groups is 1. The quantitative estimate of drug-likeness (QED) is 0.700. The van der Waals surface area contributed by atoms with Crippen LogP contribution in [0.3, 0.4) is 0 Å². The van der Waals surface area contributed by atoms with Crippen molar-refractivity contribution in [2.45, 2.75) is 18.8 Å². The van der Waals surface area contributed by atoms with Gasteiger partial charge in [0.2, 0.25) is 0 Å². The second-order valence-corrected chi connectivity index (χ2v) is 3.47. The predicted molar refractivity (Wildman–Crippen MR) is 46.3 cm³/mol. The lowest BCUT2D eigenvalue weighted by Gasteiger charge is -1.90. The second-order valence-electron chi connectivity index (χ2n) is 2.98. The minimum absolute atomic E-state index is 0.238. The zero-order chi connectivity index (χ0) is 8.72. The van der Waals surface area contributed by atoms with Crippen LogP contribution >= 0.6 is 9.39 Å². The van der Waals surface area contributed by atoms with E-state index in [1.165, 1.54) is 4.45 Å². The Balaban J connectivity index is 2.36. The highest BCUT2D eigenvalue weighted by Gasteiger charge is 2.27. The van der Waals surface area contributed by atoms with E-state index in [0.717, 1.165) is 18.5 Å². The van der Waals surface area contributed by atoms with Gasteiger partial charge in [0, 0.05) is 5.92 Å². The summed E-state index contributed by atoms with van der Waals surface area (Å²) in [4.78, 5) is 10.6. The van der Waals surface area contributed by atoms with Gasteiger partial charge in [0.05, 0.1) is 5.69 Å². The summed E-state index contributed by atoms with van der Waals surface area (Å²) in [6.45, 7) is 0. The minimum Gasteiger partial charge on any atom is -0.477 e. The highest BCUT2D eigenvalue weighted by Crippen LogP contribution is 2.39. The normalized spacial score (nSPS) is 16.4. The van der Waals surface area contributed by atoms with E-state index in [4.69, 9.17) is 5.11 Å². The van der Waals surface area contributed by atoms with Crippen LogP contribution < -0.4 is 0 Å².